The number of rotatable bonds is 6. The van der Waals surface area contributed by atoms with E-state index in [2.05, 4.69) is 9.97 Å². The molecule has 0 aliphatic heterocycles. The number of pyridine rings is 1. The maximum atomic E-state index is 12.5. The predicted molar refractivity (Wildman–Crippen MR) is 102 cm³/mol. The van der Waals surface area contributed by atoms with Crippen molar-refractivity contribution in [3.05, 3.63) is 78.0 Å². The molecule has 0 aliphatic carbocycles. The zero-order valence-corrected chi connectivity index (χ0v) is 15.6. The van der Waals surface area contributed by atoms with Gasteiger partial charge in [-0.25, -0.2) is 4.98 Å². The van der Waals surface area contributed by atoms with Gasteiger partial charge >= 0.3 is 0 Å². The van der Waals surface area contributed by atoms with Gasteiger partial charge in [0.1, 0.15) is 29.0 Å². The summed E-state index contributed by atoms with van der Waals surface area (Å²) in [6, 6.07) is 13.2. The standard InChI is InChI=1S/C21H19N3O4/c1-14-8-9-16(28-14)11-24(2)21(25)17-12-27-19(23-17)13-26-18-7-3-5-15-6-4-10-22-20(15)18/h3-10,12H,11,13H2,1-2H3. The minimum atomic E-state index is -0.254. The molecule has 28 heavy (non-hydrogen) atoms. The number of carbonyl (C=O) groups excluding carboxylic acids is 1. The fourth-order valence-corrected chi connectivity index (χ4v) is 2.88. The van der Waals surface area contributed by atoms with Crippen LogP contribution in [-0.2, 0) is 13.2 Å². The topological polar surface area (TPSA) is 81.6 Å². The number of amides is 1. The Balaban J connectivity index is 1.41. The van der Waals surface area contributed by atoms with Crippen molar-refractivity contribution < 1.29 is 18.4 Å². The van der Waals surface area contributed by atoms with Gasteiger partial charge in [0, 0.05) is 18.6 Å². The lowest BCUT2D eigenvalue weighted by molar-refractivity contribution is 0.0769. The lowest BCUT2D eigenvalue weighted by Crippen LogP contribution is -2.26. The quantitative estimate of drug-likeness (QED) is 0.506. The van der Waals surface area contributed by atoms with Crippen molar-refractivity contribution in [2.75, 3.05) is 7.05 Å². The van der Waals surface area contributed by atoms with Gasteiger partial charge < -0.3 is 18.5 Å². The third-order valence-corrected chi connectivity index (χ3v) is 4.25. The average molecular weight is 377 g/mol. The van der Waals surface area contributed by atoms with E-state index in [-0.39, 0.29) is 18.2 Å². The van der Waals surface area contributed by atoms with E-state index in [9.17, 15) is 4.79 Å². The summed E-state index contributed by atoms with van der Waals surface area (Å²) in [5, 5.41) is 0.984. The second-order valence-corrected chi connectivity index (χ2v) is 6.42. The van der Waals surface area contributed by atoms with Gasteiger partial charge in [-0.15, -0.1) is 0 Å². The summed E-state index contributed by atoms with van der Waals surface area (Å²) in [5.74, 6) is 2.22. The highest BCUT2D eigenvalue weighted by atomic mass is 16.5. The molecule has 0 bridgehead atoms. The van der Waals surface area contributed by atoms with Crippen molar-refractivity contribution in [3.8, 4) is 5.75 Å². The Morgan fingerprint density at radius 1 is 1.18 bits per heavy atom. The first-order valence-corrected chi connectivity index (χ1v) is 8.82. The molecule has 142 valence electrons. The number of aryl methyl sites for hydroxylation is 1. The Bertz CT molecular complexity index is 1110. The zero-order valence-electron chi connectivity index (χ0n) is 15.6. The summed E-state index contributed by atoms with van der Waals surface area (Å²) in [7, 11) is 1.69. The van der Waals surface area contributed by atoms with Crippen molar-refractivity contribution in [3.63, 3.8) is 0 Å². The first-order chi connectivity index (χ1) is 13.6. The molecule has 4 aromatic rings. The van der Waals surface area contributed by atoms with Gasteiger partial charge in [-0.1, -0.05) is 18.2 Å². The normalized spacial score (nSPS) is 10.9. The molecule has 0 saturated carbocycles. The number of ether oxygens (including phenoxy) is 1. The van der Waals surface area contributed by atoms with E-state index in [4.69, 9.17) is 13.6 Å². The van der Waals surface area contributed by atoms with Crippen LogP contribution in [0.4, 0.5) is 0 Å². The van der Waals surface area contributed by atoms with Crippen LogP contribution in [0.2, 0.25) is 0 Å². The van der Waals surface area contributed by atoms with Gasteiger partial charge in [0.15, 0.2) is 12.3 Å². The molecule has 7 heteroatoms. The Morgan fingerprint density at radius 2 is 2.04 bits per heavy atom. The summed E-state index contributed by atoms with van der Waals surface area (Å²) in [5.41, 5.74) is 0.988. The molecule has 3 heterocycles. The molecule has 0 radical (unpaired) electrons. The second kappa shape index (κ2) is 7.56. The molecule has 0 fully saturated rings. The Morgan fingerprint density at radius 3 is 2.86 bits per heavy atom. The van der Waals surface area contributed by atoms with Crippen molar-refractivity contribution in [2.24, 2.45) is 0 Å². The fourth-order valence-electron chi connectivity index (χ4n) is 2.88. The summed E-state index contributed by atoms with van der Waals surface area (Å²) in [6.45, 7) is 2.32. The minimum absolute atomic E-state index is 0.101. The predicted octanol–water partition coefficient (Wildman–Crippen LogP) is 3.98. The van der Waals surface area contributed by atoms with Crippen LogP contribution in [0.1, 0.15) is 27.9 Å². The fraction of sp³-hybridized carbons (Fsp3) is 0.190. The van der Waals surface area contributed by atoms with E-state index in [0.29, 0.717) is 23.9 Å². The first kappa shape index (κ1) is 17.8. The van der Waals surface area contributed by atoms with E-state index in [0.717, 1.165) is 16.7 Å². The molecule has 0 saturated heterocycles. The van der Waals surface area contributed by atoms with Crippen molar-refractivity contribution >= 4 is 16.8 Å². The van der Waals surface area contributed by atoms with Crippen LogP contribution in [0.5, 0.6) is 5.75 Å². The number of aromatic nitrogens is 2. The molecule has 0 atom stereocenters. The largest absolute Gasteiger partial charge is 0.482 e. The maximum Gasteiger partial charge on any atom is 0.275 e. The summed E-state index contributed by atoms with van der Waals surface area (Å²) in [4.78, 5) is 22.6. The van der Waals surface area contributed by atoms with Gasteiger partial charge in [-0.3, -0.25) is 9.78 Å². The molecule has 0 unspecified atom stereocenters. The van der Waals surface area contributed by atoms with Gasteiger partial charge in [0.05, 0.1) is 6.54 Å². The lowest BCUT2D eigenvalue weighted by atomic mass is 10.2. The van der Waals surface area contributed by atoms with E-state index >= 15 is 0 Å². The molecule has 3 aromatic heterocycles. The third kappa shape index (κ3) is 3.73. The minimum Gasteiger partial charge on any atom is -0.482 e. The van der Waals surface area contributed by atoms with Crippen molar-refractivity contribution in [2.45, 2.75) is 20.1 Å². The molecule has 0 spiro atoms. The molecule has 4 rings (SSSR count). The number of carbonyl (C=O) groups is 1. The van der Waals surface area contributed by atoms with Crippen LogP contribution < -0.4 is 4.74 Å². The van der Waals surface area contributed by atoms with E-state index in [1.807, 2.05) is 49.4 Å². The lowest BCUT2D eigenvalue weighted by Gasteiger charge is -2.13. The number of hydrogen-bond donors (Lipinski definition) is 0. The van der Waals surface area contributed by atoms with Crippen LogP contribution in [0.25, 0.3) is 10.9 Å². The number of para-hydroxylation sites is 1. The van der Waals surface area contributed by atoms with Gasteiger partial charge in [-0.2, -0.15) is 0 Å². The molecular weight excluding hydrogens is 358 g/mol. The molecule has 1 amide bonds. The maximum absolute atomic E-state index is 12.5. The van der Waals surface area contributed by atoms with E-state index < -0.39 is 0 Å². The van der Waals surface area contributed by atoms with Crippen LogP contribution in [0.3, 0.4) is 0 Å². The van der Waals surface area contributed by atoms with E-state index in [1.54, 1.807) is 13.2 Å². The highest BCUT2D eigenvalue weighted by Gasteiger charge is 2.18. The molecule has 7 nitrogen and oxygen atoms in total. The number of furan rings is 1. The first-order valence-electron chi connectivity index (χ1n) is 8.82. The third-order valence-electron chi connectivity index (χ3n) is 4.25. The molecule has 0 aliphatic rings. The highest BCUT2D eigenvalue weighted by Crippen LogP contribution is 2.23. The summed E-state index contributed by atoms with van der Waals surface area (Å²) in [6.07, 6.45) is 3.06. The molecule has 0 N–H and O–H groups in total. The van der Waals surface area contributed by atoms with Crippen molar-refractivity contribution in [1.29, 1.82) is 0 Å². The van der Waals surface area contributed by atoms with Gasteiger partial charge in [0.2, 0.25) is 5.89 Å². The molecular formula is C21H19N3O4. The number of hydrogen-bond acceptors (Lipinski definition) is 6. The number of benzene rings is 1. The van der Waals surface area contributed by atoms with Crippen LogP contribution in [0, 0.1) is 6.92 Å². The Hall–Kier alpha value is -3.61. The average Bonchev–Trinajstić information content (AvgIpc) is 3.34. The highest BCUT2D eigenvalue weighted by molar-refractivity contribution is 5.91. The number of fused-ring (bicyclic) bond motifs is 1. The number of nitrogens with zero attached hydrogens (tertiary/aromatic N) is 3. The smallest absolute Gasteiger partial charge is 0.275 e. The van der Waals surface area contributed by atoms with Gasteiger partial charge in [-0.05, 0) is 31.2 Å². The van der Waals surface area contributed by atoms with Crippen LogP contribution in [0.15, 0.2) is 63.8 Å². The molecule has 1 aromatic carbocycles. The number of oxazole rings is 1. The zero-order chi connectivity index (χ0) is 19.5. The van der Waals surface area contributed by atoms with Crippen molar-refractivity contribution in [1.82, 2.24) is 14.9 Å². The monoisotopic (exact) mass is 377 g/mol. The SMILES string of the molecule is Cc1ccc(CN(C)C(=O)c2coc(COc3cccc4cccnc34)n2)o1. The summed E-state index contributed by atoms with van der Waals surface area (Å²) >= 11 is 0. The Kier molecular flexibility index (Phi) is 4.80. The second-order valence-electron chi connectivity index (χ2n) is 6.42. The van der Waals surface area contributed by atoms with Crippen LogP contribution in [-0.4, -0.2) is 27.8 Å². The van der Waals surface area contributed by atoms with Crippen LogP contribution >= 0.6 is 0 Å². The summed E-state index contributed by atoms with van der Waals surface area (Å²) < 4.78 is 16.7. The van der Waals surface area contributed by atoms with Gasteiger partial charge in [0.25, 0.3) is 5.91 Å². The van der Waals surface area contributed by atoms with E-state index in [1.165, 1.54) is 11.2 Å². The Labute approximate surface area is 161 Å².